The molecule has 1 aromatic carbocycles. The SMILES string of the molecule is COc1ccccc1/C=C/C=N\n1c(-c2n[nH]c3c2CCC3)n[nH]c1=S. The maximum atomic E-state index is 5.33. The lowest BCUT2D eigenvalue weighted by atomic mass is 10.2. The van der Waals surface area contributed by atoms with Crippen molar-refractivity contribution in [2.75, 3.05) is 7.11 Å². The Hall–Kier alpha value is -3.00. The molecule has 0 saturated heterocycles. The Morgan fingerprint density at radius 3 is 3.00 bits per heavy atom. The summed E-state index contributed by atoms with van der Waals surface area (Å²) in [5.74, 6) is 1.43. The molecule has 3 aromatic rings. The maximum absolute atomic E-state index is 5.33. The minimum Gasteiger partial charge on any atom is -0.496 e. The van der Waals surface area contributed by atoms with Crippen LogP contribution in [0.25, 0.3) is 17.6 Å². The van der Waals surface area contributed by atoms with E-state index in [9.17, 15) is 0 Å². The quantitative estimate of drug-likeness (QED) is 0.536. The highest BCUT2D eigenvalue weighted by Gasteiger charge is 2.22. The molecule has 4 rings (SSSR count). The number of aryl methyl sites for hydroxylation is 1. The van der Waals surface area contributed by atoms with Crippen LogP contribution in [0, 0.1) is 4.77 Å². The molecule has 0 radical (unpaired) electrons. The highest BCUT2D eigenvalue weighted by atomic mass is 32.1. The zero-order chi connectivity index (χ0) is 17.9. The molecular weight excluding hydrogens is 348 g/mol. The van der Waals surface area contributed by atoms with Crippen molar-refractivity contribution in [3.63, 3.8) is 0 Å². The largest absolute Gasteiger partial charge is 0.496 e. The molecule has 0 atom stereocenters. The number of aromatic nitrogens is 5. The number of benzene rings is 1. The zero-order valence-corrected chi connectivity index (χ0v) is 15.1. The topological polar surface area (TPSA) is 83.9 Å². The second kappa shape index (κ2) is 7.09. The Balaban J connectivity index is 1.61. The van der Waals surface area contributed by atoms with Crippen LogP contribution in [0.5, 0.6) is 5.75 Å². The minimum atomic E-state index is 0.427. The van der Waals surface area contributed by atoms with E-state index in [4.69, 9.17) is 17.0 Å². The van der Waals surface area contributed by atoms with Crippen molar-refractivity contribution in [3.05, 3.63) is 51.9 Å². The standard InChI is InChI=1S/C18H18N6OS/c1-25-15-10-3-2-6-12(15)7-5-11-19-24-17(22-23-18(24)26)16-13-8-4-9-14(13)20-21-16/h2-3,5-7,10-11H,4,8-9H2,1H3,(H,20,21)(H,23,26)/b7-5+,19-11-. The molecule has 8 heteroatoms. The van der Waals surface area contributed by atoms with Crippen LogP contribution in [-0.4, -0.2) is 38.4 Å². The molecule has 0 spiro atoms. The number of nitrogens with zero attached hydrogens (tertiary/aromatic N) is 4. The van der Waals surface area contributed by atoms with Crippen LogP contribution in [0.2, 0.25) is 0 Å². The number of aromatic amines is 2. The molecule has 2 heterocycles. The van der Waals surface area contributed by atoms with Gasteiger partial charge in [-0.3, -0.25) is 5.10 Å². The van der Waals surface area contributed by atoms with Gasteiger partial charge in [0.15, 0.2) is 0 Å². The first kappa shape index (κ1) is 16.5. The summed E-state index contributed by atoms with van der Waals surface area (Å²) >= 11 is 5.31. The fourth-order valence-corrected chi connectivity index (χ4v) is 3.29. The van der Waals surface area contributed by atoms with Crippen molar-refractivity contribution in [2.24, 2.45) is 5.10 Å². The van der Waals surface area contributed by atoms with Gasteiger partial charge in [0.2, 0.25) is 10.6 Å². The lowest BCUT2D eigenvalue weighted by Gasteiger charge is -2.02. The summed E-state index contributed by atoms with van der Waals surface area (Å²) in [4.78, 5) is 0. The van der Waals surface area contributed by atoms with Crippen LogP contribution in [0.15, 0.2) is 35.4 Å². The maximum Gasteiger partial charge on any atom is 0.216 e. The third-order valence-electron chi connectivity index (χ3n) is 4.35. The summed E-state index contributed by atoms with van der Waals surface area (Å²) < 4.78 is 7.36. The van der Waals surface area contributed by atoms with Crippen molar-refractivity contribution in [1.82, 2.24) is 25.1 Å². The van der Waals surface area contributed by atoms with Gasteiger partial charge in [0, 0.05) is 23.0 Å². The van der Waals surface area contributed by atoms with Crippen molar-refractivity contribution in [1.29, 1.82) is 0 Å². The minimum absolute atomic E-state index is 0.427. The van der Waals surface area contributed by atoms with E-state index >= 15 is 0 Å². The fraction of sp³-hybridized carbons (Fsp3) is 0.222. The number of rotatable bonds is 5. The molecule has 7 nitrogen and oxygen atoms in total. The average Bonchev–Trinajstić information content (AvgIpc) is 3.35. The van der Waals surface area contributed by atoms with Gasteiger partial charge >= 0.3 is 0 Å². The number of fused-ring (bicyclic) bond motifs is 1. The second-order valence-electron chi connectivity index (χ2n) is 5.91. The van der Waals surface area contributed by atoms with E-state index in [0.29, 0.717) is 10.6 Å². The third kappa shape index (κ3) is 2.99. The van der Waals surface area contributed by atoms with Crippen molar-refractivity contribution in [3.8, 4) is 17.3 Å². The monoisotopic (exact) mass is 366 g/mol. The van der Waals surface area contributed by atoms with Crippen LogP contribution >= 0.6 is 12.2 Å². The Bertz CT molecular complexity index is 1040. The highest BCUT2D eigenvalue weighted by Crippen LogP contribution is 2.29. The van der Waals surface area contributed by atoms with Gasteiger partial charge in [0.1, 0.15) is 11.4 Å². The molecule has 2 aromatic heterocycles. The van der Waals surface area contributed by atoms with Gasteiger partial charge in [-0.1, -0.05) is 18.2 Å². The number of allylic oxidation sites excluding steroid dienone is 1. The number of hydrogen-bond donors (Lipinski definition) is 2. The molecule has 1 aliphatic rings. The Morgan fingerprint density at radius 1 is 1.23 bits per heavy atom. The average molecular weight is 366 g/mol. The second-order valence-corrected chi connectivity index (χ2v) is 6.30. The van der Waals surface area contributed by atoms with Crippen molar-refractivity contribution in [2.45, 2.75) is 19.3 Å². The summed E-state index contributed by atoms with van der Waals surface area (Å²) in [6, 6.07) is 7.79. The van der Waals surface area contributed by atoms with Crippen molar-refractivity contribution >= 4 is 24.5 Å². The van der Waals surface area contributed by atoms with Crippen LogP contribution < -0.4 is 4.74 Å². The summed E-state index contributed by atoms with van der Waals surface area (Å²) in [5.41, 5.74) is 4.18. The number of para-hydroxylation sites is 1. The first-order chi connectivity index (χ1) is 12.8. The molecule has 26 heavy (non-hydrogen) atoms. The first-order valence-corrected chi connectivity index (χ1v) is 8.76. The molecule has 0 aliphatic heterocycles. The molecule has 0 saturated carbocycles. The van der Waals surface area contributed by atoms with Gasteiger partial charge in [-0.05, 0) is 49.7 Å². The molecule has 2 N–H and O–H groups in total. The van der Waals surface area contributed by atoms with E-state index in [2.05, 4.69) is 25.5 Å². The van der Waals surface area contributed by atoms with Crippen LogP contribution in [0.4, 0.5) is 0 Å². The van der Waals surface area contributed by atoms with Gasteiger partial charge in [-0.25, -0.2) is 5.10 Å². The predicted molar refractivity (Wildman–Crippen MR) is 103 cm³/mol. The molecule has 132 valence electrons. The van der Waals surface area contributed by atoms with E-state index in [1.807, 2.05) is 36.4 Å². The zero-order valence-electron chi connectivity index (χ0n) is 14.3. The summed E-state index contributed by atoms with van der Waals surface area (Å²) in [5, 5.41) is 19.0. The lowest BCUT2D eigenvalue weighted by molar-refractivity contribution is 0.414. The van der Waals surface area contributed by atoms with Gasteiger partial charge in [0.05, 0.1) is 7.11 Å². The first-order valence-electron chi connectivity index (χ1n) is 8.36. The van der Waals surface area contributed by atoms with Crippen LogP contribution in [0.3, 0.4) is 0 Å². The molecule has 0 amide bonds. The molecule has 0 unspecified atom stereocenters. The van der Waals surface area contributed by atoms with Crippen LogP contribution in [-0.2, 0) is 12.8 Å². The smallest absolute Gasteiger partial charge is 0.216 e. The van der Waals surface area contributed by atoms with E-state index in [0.717, 1.165) is 36.3 Å². The Labute approximate surface area is 155 Å². The van der Waals surface area contributed by atoms with E-state index < -0.39 is 0 Å². The summed E-state index contributed by atoms with van der Waals surface area (Å²) in [6.45, 7) is 0. The van der Waals surface area contributed by atoms with Crippen molar-refractivity contribution < 1.29 is 4.74 Å². The van der Waals surface area contributed by atoms with E-state index in [1.54, 1.807) is 18.0 Å². The molecule has 0 fully saturated rings. The van der Waals surface area contributed by atoms with E-state index in [-0.39, 0.29) is 0 Å². The number of H-pyrrole nitrogens is 2. The van der Waals surface area contributed by atoms with Gasteiger partial charge in [-0.15, -0.1) is 0 Å². The highest BCUT2D eigenvalue weighted by molar-refractivity contribution is 7.71. The molecular formula is C18H18N6OS. The molecule has 1 aliphatic carbocycles. The number of methoxy groups -OCH3 is 1. The summed E-state index contributed by atoms with van der Waals surface area (Å²) in [7, 11) is 1.65. The van der Waals surface area contributed by atoms with E-state index in [1.165, 1.54) is 11.3 Å². The number of ether oxygens (including phenoxy) is 1. The third-order valence-corrected chi connectivity index (χ3v) is 4.62. The number of hydrogen-bond acceptors (Lipinski definition) is 5. The van der Waals surface area contributed by atoms with Crippen LogP contribution in [0.1, 0.15) is 23.2 Å². The Kier molecular flexibility index (Phi) is 4.49. The predicted octanol–water partition coefficient (Wildman–Crippen LogP) is 3.38. The normalized spacial score (nSPS) is 13.7. The van der Waals surface area contributed by atoms with Gasteiger partial charge in [-0.2, -0.15) is 20.0 Å². The van der Waals surface area contributed by atoms with Gasteiger partial charge in [0.25, 0.3) is 0 Å². The Morgan fingerprint density at radius 2 is 2.12 bits per heavy atom. The van der Waals surface area contributed by atoms with Gasteiger partial charge < -0.3 is 4.74 Å². The summed E-state index contributed by atoms with van der Waals surface area (Å²) in [6.07, 6.45) is 8.60. The number of nitrogens with one attached hydrogen (secondary N) is 2. The fourth-order valence-electron chi connectivity index (χ4n) is 3.11. The molecule has 0 bridgehead atoms. The lowest BCUT2D eigenvalue weighted by Crippen LogP contribution is -1.96.